The molecule has 2 fully saturated rings. The Kier molecular flexibility index (Phi) is 2.52. The maximum Gasteiger partial charge on any atom is 0.225 e. The van der Waals surface area contributed by atoms with Crippen molar-refractivity contribution in [2.45, 2.75) is 57.7 Å². The van der Waals surface area contributed by atoms with Crippen LogP contribution in [-0.2, 0) is 4.79 Å². The molecule has 1 N–H and O–H groups in total. The van der Waals surface area contributed by atoms with E-state index in [-0.39, 0.29) is 17.9 Å². The minimum absolute atomic E-state index is 0.0911. The summed E-state index contributed by atoms with van der Waals surface area (Å²) in [5.74, 6) is 0.359. The first-order valence-electron chi connectivity index (χ1n) is 5.60. The van der Waals surface area contributed by atoms with E-state index >= 15 is 0 Å². The summed E-state index contributed by atoms with van der Waals surface area (Å²) in [4.78, 5) is 13.9. The number of piperidine rings is 1. The molecular formula is C11H19NO2. The van der Waals surface area contributed by atoms with Crippen molar-refractivity contribution in [3.8, 4) is 0 Å². The number of aliphatic hydroxyl groups is 1. The Labute approximate surface area is 85.1 Å². The van der Waals surface area contributed by atoms with Crippen LogP contribution in [0.1, 0.15) is 39.5 Å². The Hall–Kier alpha value is -0.570. The summed E-state index contributed by atoms with van der Waals surface area (Å²) in [7, 11) is 0. The number of carbonyl (C=O) groups excluding carboxylic acids is 1. The van der Waals surface area contributed by atoms with Gasteiger partial charge in [-0.2, -0.15) is 0 Å². The summed E-state index contributed by atoms with van der Waals surface area (Å²) < 4.78 is 0. The van der Waals surface area contributed by atoms with Gasteiger partial charge >= 0.3 is 0 Å². The van der Waals surface area contributed by atoms with E-state index < -0.39 is 0 Å². The highest BCUT2D eigenvalue weighted by atomic mass is 16.3. The minimum Gasteiger partial charge on any atom is -0.393 e. The molecule has 2 bridgehead atoms. The molecule has 3 nitrogen and oxygen atoms in total. The molecule has 14 heavy (non-hydrogen) atoms. The van der Waals surface area contributed by atoms with Gasteiger partial charge in [0.05, 0.1) is 6.10 Å². The number of hydrogen-bond acceptors (Lipinski definition) is 2. The van der Waals surface area contributed by atoms with Gasteiger partial charge in [0.1, 0.15) is 0 Å². The number of amides is 1. The highest BCUT2D eigenvalue weighted by Crippen LogP contribution is 2.36. The van der Waals surface area contributed by atoms with Crippen LogP contribution in [-0.4, -0.2) is 34.1 Å². The maximum absolute atomic E-state index is 11.9. The van der Waals surface area contributed by atoms with Crippen LogP contribution >= 0.6 is 0 Å². The quantitative estimate of drug-likeness (QED) is 0.685. The van der Waals surface area contributed by atoms with Crippen LogP contribution in [0.4, 0.5) is 0 Å². The van der Waals surface area contributed by atoms with Gasteiger partial charge in [0, 0.05) is 18.0 Å². The van der Waals surface area contributed by atoms with Crippen molar-refractivity contribution >= 4 is 5.91 Å². The summed E-state index contributed by atoms with van der Waals surface area (Å²) in [6.45, 7) is 3.90. The zero-order valence-electron chi connectivity index (χ0n) is 8.94. The third-order valence-corrected chi connectivity index (χ3v) is 3.46. The second kappa shape index (κ2) is 3.54. The van der Waals surface area contributed by atoms with Gasteiger partial charge in [0.25, 0.3) is 0 Å². The van der Waals surface area contributed by atoms with Gasteiger partial charge in [0.15, 0.2) is 0 Å². The molecule has 1 amide bonds. The fourth-order valence-electron chi connectivity index (χ4n) is 2.81. The lowest BCUT2D eigenvalue weighted by molar-refractivity contribution is -0.140. The van der Waals surface area contributed by atoms with E-state index in [4.69, 9.17) is 0 Å². The molecule has 2 aliphatic heterocycles. The van der Waals surface area contributed by atoms with Gasteiger partial charge in [-0.25, -0.2) is 0 Å². The number of fused-ring (bicyclic) bond motifs is 2. The number of rotatable bonds is 1. The van der Waals surface area contributed by atoms with E-state index in [0.717, 1.165) is 25.7 Å². The molecule has 0 aromatic heterocycles. The molecule has 3 heteroatoms. The van der Waals surface area contributed by atoms with Crippen LogP contribution < -0.4 is 0 Å². The number of nitrogens with zero attached hydrogens (tertiary/aromatic N) is 1. The summed E-state index contributed by atoms with van der Waals surface area (Å²) in [5.41, 5.74) is 0. The van der Waals surface area contributed by atoms with Crippen LogP contribution in [0.3, 0.4) is 0 Å². The first-order chi connectivity index (χ1) is 6.59. The number of hydrogen-bond donors (Lipinski definition) is 1. The SMILES string of the molecule is CC(C)C(=O)N1[C@@H]2CC[C@H]1CC(O)C2. The van der Waals surface area contributed by atoms with Crippen molar-refractivity contribution in [3.05, 3.63) is 0 Å². The van der Waals surface area contributed by atoms with Gasteiger partial charge < -0.3 is 10.0 Å². The zero-order valence-corrected chi connectivity index (χ0v) is 8.94. The Balaban J connectivity index is 2.11. The van der Waals surface area contributed by atoms with Gasteiger partial charge in [-0.3, -0.25) is 4.79 Å². The number of aliphatic hydroxyl groups excluding tert-OH is 1. The van der Waals surface area contributed by atoms with Gasteiger partial charge in [-0.1, -0.05) is 13.8 Å². The molecule has 3 atom stereocenters. The van der Waals surface area contributed by atoms with Crippen LogP contribution in [0.2, 0.25) is 0 Å². The number of carbonyl (C=O) groups is 1. The van der Waals surface area contributed by atoms with Crippen LogP contribution in [0.5, 0.6) is 0 Å². The zero-order chi connectivity index (χ0) is 10.3. The fourth-order valence-corrected chi connectivity index (χ4v) is 2.81. The Morgan fingerprint density at radius 3 is 2.21 bits per heavy atom. The highest BCUT2D eigenvalue weighted by Gasteiger charge is 2.42. The molecule has 1 unspecified atom stereocenters. The molecule has 2 rings (SSSR count). The molecule has 2 aliphatic rings. The molecule has 2 heterocycles. The lowest BCUT2D eigenvalue weighted by Crippen LogP contribution is -2.49. The van der Waals surface area contributed by atoms with Crippen LogP contribution in [0.25, 0.3) is 0 Å². The molecule has 0 aromatic carbocycles. The average molecular weight is 197 g/mol. The van der Waals surface area contributed by atoms with Crippen molar-refractivity contribution < 1.29 is 9.90 Å². The monoisotopic (exact) mass is 197 g/mol. The Morgan fingerprint density at radius 1 is 1.29 bits per heavy atom. The third kappa shape index (κ3) is 1.54. The van der Waals surface area contributed by atoms with Gasteiger partial charge in [0.2, 0.25) is 5.91 Å². The molecule has 0 aliphatic carbocycles. The van der Waals surface area contributed by atoms with Crippen LogP contribution in [0.15, 0.2) is 0 Å². The first-order valence-corrected chi connectivity index (χ1v) is 5.60. The lowest BCUT2D eigenvalue weighted by atomic mass is 9.98. The van der Waals surface area contributed by atoms with E-state index in [1.807, 2.05) is 18.7 Å². The summed E-state index contributed by atoms with van der Waals surface area (Å²) >= 11 is 0. The fraction of sp³-hybridized carbons (Fsp3) is 0.909. The average Bonchev–Trinajstić information content (AvgIpc) is 2.37. The van der Waals surface area contributed by atoms with Gasteiger partial charge in [-0.15, -0.1) is 0 Å². The smallest absolute Gasteiger partial charge is 0.225 e. The summed E-state index contributed by atoms with van der Waals surface area (Å²) in [6, 6.07) is 0.636. The largest absolute Gasteiger partial charge is 0.393 e. The normalized spacial score (nSPS) is 36.6. The van der Waals surface area contributed by atoms with E-state index in [9.17, 15) is 9.90 Å². The van der Waals surface area contributed by atoms with E-state index in [1.54, 1.807) is 0 Å². The summed E-state index contributed by atoms with van der Waals surface area (Å²) in [5, 5.41) is 9.59. The Bertz CT molecular complexity index is 225. The molecule has 0 radical (unpaired) electrons. The molecule has 0 aromatic rings. The first kappa shape index (κ1) is 9.97. The van der Waals surface area contributed by atoms with Crippen molar-refractivity contribution in [2.24, 2.45) is 5.92 Å². The van der Waals surface area contributed by atoms with E-state index in [0.29, 0.717) is 12.1 Å². The van der Waals surface area contributed by atoms with Crippen molar-refractivity contribution in [3.63, 3.8) is 0 Å². The molecular weight excluding hydrogens is 178 g/mol. The predicted octanol–water partition coefficient (Wildman–Crippen LogP) is 1.16. The van der Waals surface area contributed by atoms with Crippen molar-refractivity contribution in [1.29, 1.82) is 0 Å². The standard InChI is InChI=1S/C11H19NO2/c1-7(2)11(14)12-8-3-4-9(12)6-10(13)5-8/h7-10,13H,3-6H2,1-2H3/t8-,9+,10?. The van der Waals surface area contributed by atoms with Crippen LogP contribution in [0, 0.1) is 5.92 Å². The van der Waals surface area contributed by atoms with Crippen molar-refractivity contribution in [2.75, 3.05) is 0 Å². The lowest BCUT2D eigenvalue weighted by Gasteiger charge is -2.38. The topological polar surface area (TPSA) is 40.5 Å². The minimum atomic E-state index is -0.177. The Morgan fingerprint density at radius 2 is 1.79 bits per heavy atom. The summed E-state index contributed by atoms with van der Waals surface area (Å²) in [6.07, 6.45) is 3.56. The molecule has 2 saturated heterocycles. The third-order valence-electron chi connectivity index (χ3n) is 3.46. The second-order valence-corrected chi connectivity index (χ2v) is 4.91. The molecule has 0 spiro atoms. The predicted molar refractivity (Wildman–Crippen MR) is 53.7 cm³/mol. The van der Waals surface area contributed by atoms with Gasteiger partial charge in [-0.05, 0) is 25.7 Å². The maximum atomic E-state index is 11.9. The second-order valence-electron chi connectivity index (χ2n) is 4.91. The van der Waals surface area contributed by atoms with Crippen molar-refractivity contribution in [1.82, 2.24) is 4.90 Å². The molecule has 0 saturated carbocycles. The van der Waals surface area contributed by atoms with E-state index in [2.05, 4.69) is 0 Å². The molecule has 80 valence electrons. The highest BCUT2D eigenvalue weighted by molar-refractivity contribution is 5.79. The van der Waals surface area contributed by atoms with E-state index in [1.165, 1.54) is 0 Å².